The molecule has 1 amide bonds. The molecular formula is C17H18N4O3. The smallest absolute Gasteiger partial charge is 0.311 e. The first-order chi connectivity index (χ1) is 11.4. The zero-order chi connectivity index (χ0) is 17.3. The maximum atomic E-state index is 11.3. The van der Waals surface area contributed by atoms with Crippen molar-refractivity contribution in [3.63, 3.8) is 0 Å². The molecule has 1 atom stereocenters. The monoisotopic (exact) mass is 326 g/mol. The van der Waals surface area contributed by atoms with E-state index in [0.29, 0.717) is 5.69 Å². The minimum absolute atomic E-state index is 0.0398. The van der Waals surface area contributed by atoms with Gasteiger partial charge in [-0.3, -0.25) is 14.9 Å². The number of nitro groups is 1. The second kappa shape index (κ2) is 6.27. The van der Waals surface area contributed by atoms with Crippen molar-refractivity contribution in [3.05, 3.63) is 57.3 Å². The number of carbonyl (C=O) groups excluding carboxylic acids is 1. The van der Waals surface area contributed by atoms with Crippen LogP contribution in [0.4, 0.5) is 17.2 Å². The molecule has 1 aliphatic carbocycles. The first kappa shape index (κ1) is 15.9. The highest BCUT2D eigenvalue weighted by atomic mass is 16.6. The molecule has 0 saturated carbocycles. The van der Waals surface area contributed by atoms with Crippen molar-refractivity contribution in [3.8, 4) is 0 Å². The van der Waals surface area contributed by atoms with E-state index in [1.165, 1.54) is 13.0 Å². The lowest BCUT2D eigenvalue weighted by Gasteiger charge is -2.13. The lowest BCUT2D eigenvalue weighted by atomic mass is 10.1. The molecule has 1 aliphatic rings. The second-order valence-corrected chi connectivity index (χ2v) is 5.91. The fourth-order valence-corrected chi connectivity index (χ4v) is 3.02. The number of aryl methyl sites for hydroxylation is 2. The molecule has 0 aliphatic heterocycles. The summed E-state index contributed by atoms with van der Waals surface area (Å²) in [4.78, 5) is 26.2. The summed E-state index contributed by atoms with van der Waals surface area (Å²) in [6.07, 6.45) is 1.72. The van der Waals surface area contributed by atoms with Crippen molar-refractivity contribution in [2.75, 3.05) is 5.32 Å². The highest BCUT2D eigenvalue weighted by Gasteiger charge is 2.23. The van der Waals surface area contributed by atoms with Crippen molar-refractivity contribution in [2.24, 2.45) is 0 Å². The van der Waals surface area contributed by atoms with Gasteiger partial charge in [0.2, 0.25) is 11.7 Å². The van der Waals surface area contributed by atoms with E-state index in [-0.39, 0.29) is 23.5 Å². The van der Waals surface area contributed by atoms with Crippen LogP contribution in [0.1, 0.15) is 36.2 Å². The number of benzene rings is 1. The Labute approximate surface area is 139 Å². The number of nitrogens with one attached hydrogen (secondary N) is 2. The average Bonchev–Trinajstić information content (AvgIpc) is 2.88. The van der Waals surface area contributed by atoms with Crippen LogP contribution in [-0.4, -0.2) is 15.8 Å². The summed E-state index contributed by atoms with van der Waals surface area (Å²) >= 11 is 0. The van der Waals surface area contributed by atoms with Gasteiger partial charge in [0.25, 0.3) is 0 Å². The van der Waals surface area contributed by atoms with Gasteiger partial charge in [0, 0.05) is 24.4 Å². The second-order valence-electron chi connectivity index (χ2n) is 5.91. The van der Waals surface area contributed by atoms with Gasteiger partial charge in [-0.2, -0.15) is 0 Å². The standard InChI is InChI=1S/C17H18N4O3/c1-10-3-8-16(21(23)24)17(18-10)20-13-5-6-14-12(9-13)4-7-15(14)19-11(2)22/h3,5-6,8-9,15H,4,7H2,1-2H3,(H,18,20)(H,19,22)/t15-/m0/s1. The maximum Gasteiger partial charge on any atom is 0.311 e. The van der Waals surface area contributed by atoms with Gasteiger partial charge < -0.3 is 10.6 Å². The van der Waals surface area contributed by atoms with Gasteiger partial charge in [0.05, 0.1) is 11.0 Å². The van der Waals surface area contributed by atoms with Gasteiger partial charge in [-0.15, -0.1) is 0 Å². The molecule has 7 heteroatoms. The average molecular weight is 326 g/mol. The van der Waals surface area contributed by atoms with E-state index in [4.69, 9.17) is 0 Å². The molecule has 0 unspecified atom stereocenters. The predicted molar refractivity (Wildman–Crippen MR) is 90.2 cm³/mol. The fraction of sp³-hybridized carbons (Fsp3) is 0.294. The predicted octanol–water partition coefficient (Wildman–Crippen LogP) is 3.17. The van der Waals surface area contributed by atoms with Gasteiger partial charge in [0.15, 0.2) is 0 Å². The quantitative estimate of drug-likeness (QED) is 0.664. The van der Waals surface area contributed by atoms with Crippen LogP contribution < -0.4 is 10.6 Å². The molecule has 0 radical (unpaired) electrons. The molecule has 0 fully saturated rings. The number of pyridine rings is 1. The number of carbonyl (C=O) groups is 1. The number of aromatic nitrogens is 1. The van der Waals surface area contributed by atoms with Crippen LogP contribution in [0.25, 0.3) is 0 Å². The van der Waals surface area contributed by atoms with Crippen LogP contribution in [0.3, 0.4) is 0 Å². The topological polar surface area (TPSA) is 97.2 Å². The van der Waals surface area contributed by atoms with Gasteiger partial charge in [-0.25, -0.2) is 4.98 Å². The summed E-state index contributed by atoms with van der Waals surface area (Å²) in [5.41, 5.74) is 3.63. The van der Waals surface area contributed by atoms with Crippen LogP contribution in [-0.2, 0) is 11.2 Å². The van der Waals surface area contributed by atoms with Crippen LogP contribution in [0.2, 0.25) is 0 Å². The Morgan fingerprint density at radius 3 is 2.83 bits per heavy atom. The summed E-state index contributed by atoms with van der Waals surface area (Å²) in [6, 6.07) is 8.87. The van der Waals surface area contributed by atoms with Crippen LogP contribution in [0.5, 0.6) is 0 Å². The summed E-state index contributed by atoms with van der Waals surface area (Å²) < 4.78 is 0. The third-order valence-corrected chi connectivity index (χ3v) is 4.07. The Hall–Kier alpha value is -2.96. The Morgan fingerprint density at radius 2 is 2.12 bits per heavy atom. The number of hydrogen-bond donors (Lipinski definition) is 2. The van der Waals surface area contributed by atoms with E-state index in [2.05, 4.69) is 15.6 Å². The summed E-state index contributed by atoms with van der Waals surface area (Å²) in [7, 11) is 0. The van der Waals surface area contributed by atoms with Crippen LogP contribution in [0.15, 0.2) is 30.3 Å². The number of fused-ring (bicyclic) bond motifs is 1. The van der Waals surface area contributed by atoms with Crippen molar-refractivity contribution in [1.29, 1.82) is 0 Å². The normalized spacial score (nSPS) is 15.7. The lowest BCUT2D eigenvalue weighted by Crippen LogP contribution is -2.24. The highest BCUT2D eigenvalue weighted by Crippen LogP contribution is 2.34. The number of anilines is 2. The van der Waals surface area contributed by atoms with Gasteiger partial charge in [0.1, 0.15) is 0 Å². The minimum Gasteiger partial charge on any atom is -0.350 e. The first-order valence-electron chi connectivity index (χ1n) is 7.73. The van der Waals surface area contributed by atoms with Crippen LogP contribution in [0, 0.1) is 17.0 Å². The number of hydrogen-bond acceptors (Lipinski definition) is 5. The first-order valence-corrected chi connectivity index (χ1v) is 7.73. The van der Waals surface area contributed by atoms with Crippen molar-refractivity contribution >= 4 is 23.1 Å². The summed E-state index contributed by atoms with van der Waals surface area (Å²) in [6.45, 7) is 3.30. The van der Waals surface area contributed by atoms with Crippen molar-refractivity contribution in [2.45, 2.75) is 32.7 Å². The van der Waals surface area contributed by atoms with Crippen molar-refractivity contribution < 1.29 is 9.72 Å². The molecule has 1 aromatic heterocycles. The molecule has 124 valence electrons. The summed E-state index contributed by atoms with van der Waals surface area (Å²) in [5, 5.41) is 17.1. The number of rotatable bonds is 4. The van der Waals surface area contributed by atoms with E-state index < -0.39 is 4.92 Å². The Morgan fingerprint density at radius 1 is 1.33 bits per heavy atom. The zero-order valence-corrected chi connectivity index (χ0v) is 13.5. The largest absolute Gasteiger partial charge is 0.350 e. The molecule has 24 heavy (non-hydrogen) atoms. The maximum absolute atomic E-state index is 11.3. The molecule has 0 bridgehead atoms. The Balaban J connectivity index is 1.87. The zero-order valence-electron chi connectivity index (χ0n) is 13.5. The number of nitrogens with zero attached hydrogens (tertiary/aromatic N) is 2. The van der Waals surface area contributed by atoms with Crippen LogP contribution >= 0.6 is 0 Å². The van der Waals surface area contributed by atoms with E-state index in [9.17, 15) is 14.9 Å². The van der Waals surface area contributed by atoms with E-state index in [1.807, 2.05) is 18.2 Å². The molecule has 1 heterocycles. The molecule has 1 aromatic carbocycles. The number of amides is 1. The van der Waals surface area contributed by atoms with E-state index in [1.54, 1.807) is 13.0 Å². The lowest BCUT2D eigenvalue weighted by molar-refractivity contribution is -0.384. The summed E-state index contributed by atoms with van der Waals surface area (Å²) in [5.74, 6) is 0.186. The minimum atomic E-state index is -0.449. The Bertz CT molecular complexity index is 819. The third-order valence-electron chi connectivity index (χ3n) is 4.07. The molecule has 2 N–H and O–H groups in total. The van der Waals surface area contributed by atoms with Gasteiger partial charge in [-0.05, 0) is 49.1 Å². The molecular weight excluding hydrogens is 308 g/mol. The molecule has 2 aromatic rings. The molecule has 0 saturated heterocycles. The Kier molecular flexibility index (Phi) is 4.16. The SMILES string of the molecule is CC(=O)N[C@H]1CCc2cc(Nc3nc(C)ccc3[N+](=O)[O-])ccc21. The van der Waals surface area contributed by atoms with Gasteiger partial charge in [-0.1, -0.05) is 6.07 Å². The van der Waals surface area contributed by atoms with E-state index >= 15 is 0 Å². The molecule has 0 spiro atoms. The fourth-order valence-electron chi connectivity index (χ4n) is 3.02. The highest BCUT2D eigenvalue weighted by molar-refractivity contribution is 5.74. The third kappa shape index (κ3) is 3.19. The molecule has 3 rings (SSSR count). The molecule has 7 nitrogen and oxygen atoms in total. The van der Waals surface area contributed by atoms with Crippen molar-refractivity contribution in [1.82, 2.24) is 10.3 Å². The van der Waals surface area contributed by atoms with Gasteiger partial charge >= 0.3 is 5.69 Å². The van der Waals surface area contributed by atoms with E-state index in [0.717, 1.165) is 29.7 Å².